The fourth-order valence-electron chi connectivity index (χ4n) is 1.41. The van der Waals surface area contributed by atoms with Crippen molar-refractivity contribution < 1.29 is 28.6 Å². The quantitative estimate of drug-likeness (QED) is 0.295. The Hall–Kier alpha value is -1.85. The first-order chi connectivity index (χ1) is 9.77. The van der Waals surface area contributed by atoms with E-state index in [-0.39, 0.29) is 25.2 Å². The van der Waals surface area contributed by atoms with Gasteiger partial charge in [-0.1, -0.05) is 6.08 Å². The Bertz CT molecular complexity index is 362. The second kappa shape index (κ2) is 9.96. The molecule has 0 radical (unpaired) electrons. The zero-order valence-electron chi connectivity index (χ0n) is 13.3. The third-order valence-corrected chi connectivity index (χ3v) is 2.19. The van der Waals surface area contributed by atoms with Crippen molar-refractivity contribution in [1.82, 2.24) is 0 Å². The number of carbonyl (C=O) groups excluding carboxylic acids is 3. The van der Waals surface area contributed by atoms with Gasteiger partial charge in [-0.25, -0.2) is 4.79 Å². The minimum atomic E-state index is -1.08. The van der Waals surface area contributed by atoms with Gasteiger partial charge in [0, 0.05) is 6.08 Å². The predicted molar refractivity (Wildman–Crippen MR) is 76.3 cm³/mol. The molecule has 0 amide bonds. The van der Waals surface area contributed by atoms with Crippen LogP contribution in [0.5, 0.6) is 0 Å². The highest BCUT2D eigenvalue weighted by Gasteiger charge is 2.30. The summed E-state index contributed by atoms with van der Waals surface area (Å²) in [6.45, 7) is 8.72. The molecule has 0 aliphatic carbocycles. The molecule has 0 aromatic rings. The van der Waals surface area contributed by atoms with Crippen molar-refractivity contribution in [1.29, 1.82) is 0 Å². The summed E-state index contributed by atoms with van der Waals surface area (Å²) in [5, 5.41) is 0. The van der Waals surface area contributed by atoms with Crippen LogP contribution in [0.25, 0.3) is 0 Å². The summed E-state index contributed by atoms with van der Waals surface area (Å²) in [5.74, 6) is -2.93. The zero-order chi connectivity index (χ0) is 16.4. The lowest BCUT2D eigenvalue weighted by atomic mass is 10.1. The Morgan fingerprint density at radius 1 is 0.952 bits per heavy atom. The van der Waals surface area contributed by atoms with Crippen LogP contribution in [0.15, 0.2) is 12.2 Å². The molecule has 0 fully saturated rings. The van der Waals surface area contributed by atoms with E-state index in [1.165, 1.54) is 12.2 Å². The number of rotatable bonds is 8. The minimum Gasteiger partial charge on any atom is -0.463 e. The van der Waals surface area contributed by atoms with E-state index in [1.807, 2.05) is 0 Å². The number of esters is 3. The Kier molecular flexibility index (Phi) is 9.08. The number of carbonyl (C=O) groups is 3. The van der Waals surface area contributed by atoms with E-state index in [0.29, 0.717) is 0 Å². The van der Waals surface area contributed by atoms with Gasteiger partial charge in [0.15, 0.2) is 5.92 Å². The monoisotopic (exact) mass is 300 g/mol. The molecule has 0 N–H and O–H groups in total. The van der Waals surface area contributed by atoms with E-state index < -0.39 is 23.8 Å². The van der Waals surface area contributed by atoms with Gasteiger partial charge < -0.3 is 14.2 Å². The van der Waals surface area contributed by atoms with Gasteiger partial charge in [0.25, 0.3) is 0 Å². The Balaban J connectivity index is 4.76. The van der Waals surface area contributed by atoms with Crippen molar-refractivity contribution in [3.8, 4) is 0 Å². The van der Waals surface area contributed by atoms with Crippen molar-refractivity contribution in [3.63, 3.8) is 0 Å². The largest absolute Gasteiger partial charge is 0.463 e. The molecule has 21 heavy (non-hydrogen) atoms. The molecule has 0 saturated carbocycles. The summed E-state index contributed by atoms with van der Waals surface area (Å²) in [5.41, 5.74) is 0. The molecule has 0 atom stereocenters. The molecule has 0 aliphatic rings. The number of hydrogen-bond donors (Lipinski definition) is 0. The molecule has 0 bridgehead atoms. The zero-order valence-corrected chi connectivity index (χ0v) is 13.3. The lowest BCUT2D eigenvalue weighted by molar-refractivity contribution is -0.166. The molecule has 6 heteroatoms. The molecule has 120 valence electrons. The maximum atomic E-state index is 11.9. The molecular weight excluding hydrogens is 276 g/mol. The van der Waals surface area contributed by atoms with Gasteiger partial charge in [-0.2, -0.15) is 0 Å². The summed E-state index contributed by atoms with van der Waals surface area (Å²) >= 11 is 0. The predicted octanol–water partition coefficient (Wildman–Crippen LogP) is 2.02. The van der Waals surface area contributed by atoms with Crippen LogP contribution in [0.2, 0.25) is 0 Å². The van der Waals surface area contributed by atoms with E-state index in [4.69, 9.17) is 14.2 Å². The third kappa shape index (κ3) is 8.83. The van der Waals surface area contributed by atoms with Crippen LogP contribution < -0.4 is 0 Å². The lowest BCUT2D eigenvalue weighted by Gasteiger charge is -2.17. The van der Waals surface area contributed by atoms with Crippen molar-refractivity contribution in [2.24, 2.45) is 5.92 Å². The summed E-state index contributed by atoms with van der Waals surface area (Å²) in [4.78, 5) is 35.0. The smallest absolute Gasteiger partial charge is 0.330 e. The first-order valence-corrected chi connectivity index (χ1v) is 7.02. The van der Waals surface area contributed by atoms with Gasteiger partial charge >= 0.3 is 17.9 Å². The van der Waals surface area contributed by atoms with Crippen LogP contribution >= 0.6 is 0 Å². The first-order valence-electron chi connectivity index (χ1n) is 7.02. The molecule has 0 spiro atoms. The fourth-order valence-corrected chi connectivity index (χ4v) is 1.41. The van der Waals surface area contributed by atoms with E-state index in [0.717, 1.165) is 0 Å². The molecule has 6 nitrogen and oxygen atoms in total. The maximum Gasteiger partial charge on any atom is 0.330 e. The molecule has 0 unspecified atom stereocenters. The van der Waals surface area contributed by atoms with Crippen molar-refractivity contribution in [2.45, 2.75) is 53.2 Å². The second-order valence-corrected chi connectivity index (χ2v) is 4.91. The minimum absolute atomic E-state index is 0.0237. The van der Waals surface area contributed by atoms with E-state index in [2.05, 4.69) is 0 Å². The van der Waals surface area contributed by atoms with E-state index in [1.54, 1.807) is 34.6 Å². The molecule has 0 rings (SSSR count). The normalized spacial score (nSPS) is 11.2. The average molecular weight is 300 g/mol. The van der Waals surface area contributed by atoms with Crippen LogP contribution in [0.4, 0.5) is 0 Å². The molecular formula is C15H24O6. The van der Waals surface area contributed by atoms with Crippen LogP contribution in [-0.2, 0) is 28.6 Å². The highest BCUT2D eigenvalue weighted by molar-refractivity contribution is 5.95. The summed E-state index contributed by atoms with van der Waals surface area (Å²) < 4.78 is 14.8. The van der Waals surface area contributed by atoms with Gasteiger partial charge in [-0.05, 0) is 41.0 Å². The van der Waals surface area contributed by atoms with Crippen LogP contribution in [0, 0.1) is 5.92 Å². The van der Waals surface area contributed by atoms with Gasteiger partial charge in [0.2, 0.25) is 0 Å². The van der Waals surface area contributed by atoms with E-state index in [9.17, 15) is 14.4 Å². The van der Waals surface area contributed by atoms with Gasteiger partial charge in [0.1, 0.15) is 0 Å². The van der Waals surface area contributed by atoms with Gasteiger partial charge in [-0.15, -0.1) is 0 Å². The van der Waals surface area contributed by atoms with Crippen LogP contribution in [0.1, 0.15) is 41.0 Å². The van der Waals surface area contributed by atoms with Crippen molar-refractivity contribution >= 4 is 17.9 Å². The molecule has 0 aliphatic heterocycles. The van der Waals surface area contributed by atoms with Gasteiger partial charge in [0.05, 0.1) is 18.8 Å². The number of allylic oxidation sites excluding steroid dienone is 1. The molecule has 0 saturated heterocycles. The van der Waals surface area contributed by atoms with Crippen molar-refractivity contribution in [2.75, 3.05) is 6.61 Å². The first kappa shape index (κ1) is 19.1. The Morgan fingerprint density at radius 3 is 1.81 bits per heavy atom. The highest BCUT2D eigenvalue weighted by Crippen LogP contribution is 2.12. The highest BCUT2D eigenvalue weighted by atomic mass is 16.6. The summed E-state index contributed by atoms with van der Waals surface area (Å²) in [7, 11) is 0. The number of ether oxygens (including phenoxy) is 3. The van der Waals surface area contributed by atoms with Crippen LogP contribution in [-0.4, -0.2) is 36.7 Å². The average Bonchev–Trinajstić information content (AvgIpc) is 2.32. The van der Waals surface area contributed by atoms with E-state index >= 15 is 0 Å². The molecule has 0 heterocycles. The third-order valence-electron chi connectivity index (χ3n) is 2.19. The molecule has 0 aromatic carbocycles. The second-order valence-electron chi connectivity index (χ2n) is 4.91. The Labute approximate surface area is 125 Å². The van der Waals surface area contributed by atoms with Crippen molar-refractivity contribution in [3.05, 3.63) is 12.2 Å². The fraction of sp³-hybridized carbons (Fsp3) is 0.667. The SMILES string of the molecule is CCOC(=O)/C=C/CC(C(=O)OC(C)C)C(=O)OC(C)C. The number of hydrogen-bond acceptors (Lipinski definition) is 6. The molecule has 0 aromatic heterocycles. The Morgan fingerprint density at radius 2 is 1.43 bits per heavy atom. The standard InChI is InChI=1S/C15H24O6/c1-6-19-13(16)9-7-8-12(14(17)20-10(2)3)15(18)21-11(4)5/h7,9-12H,6,8H2,1-5H3/b9-7+. The van der Waals surface area contributed by atoms with Crippen LogP contribution in [0.3, 0.4) is 0 Å². The summed E-state index contributed by atoms with van der Waals surface area (Å²) in [6.07, 6.45) is 1.95. The van der Waals surface area contributed by atoms with Gasteiger partial charge in [-0.3, -0.25) is 9.59 Å². The topological polar surface area (TPSA) is 78.9 Å². The summed E-state index contributed by atoms with van der Waals surface area (Å²) in [6, 6.07) is 0. The maximum absolute atomic E-state index is 11.9. The lowest BCUT2D eigenvalue weighted by Crippen LogP contribution is -2.30.